The van der Waals surface area contributed by atoms with Crippen LogP contribution in [-0.4, -0.2) is 34.5 Å². The SMILES string of the molecule is CC1CCCN(N(C)O)C1(C)C. The molecule has 1 saturated heterocycles. The monoisotopic (exact) mass is 172 g/mol. The lowest BCUT2D eigenvalue weighted by molar-refractivity contribution is -0.277. The molecule has 0 aromatic carbocycles. The molecule has 1 aliphatic rings. The van der Waals surface area contributed by atoms with Gasteiger partial charge in [-0.05, 0) is 32.6 Å². The van der Waals surface area contributed by atoms with Crippen LogP contribution >= 0.6 is 0 Å². The Hall–Kier alpha value is -0.120. The van der Waals surface area contributed by atoms with Gasteiger partial charge >= 0.3 is 0 Å². The van der Waals surface area contributed by atoms with E-state index in [0.29, 0.717) is 5.92 Å². The van der Waals surface area contributed by atoms with Gasteiger partial charge in [0.2, 0.25) is 0 Å². The first-order valence-electron chi connectivity index (χ1n) is 4.66. The minimum atomic E-state index is 0.0851. The van der Waals surface area contributed by atoms with Crippen LogP contribution in [0.5, 0.6) is 0 Å². The van der Waals surface area contributed by atoms with E-state index in [1.807, 2.05) is 5.01 Å². The summed E-state index contributed by atoms with van der Waals surface area (Å²) in [6.07, 6.45) is 2.44. The molecular formula is C9H20N2O. The van der Waals surface area contributed by atoms with Crippen LogP contribution in [0.15, 0.2) is 0 Å². The molecule has 0 saturated carbocycles. The van der Waals surface area contributed by atoms with E-state index in [1.165, 1.54) is 18.0 Å². The van der Waals surface area contributed by atoms with E-state index in [4.69, 9.17) is 0 Å². The first kappa shape index (κ1) is 9.96. The van der Waals surface area contributed by atoms with E-state index >= 15 is 0 Å². The van der Waals surface area contributed by atoms with Gasteiger partial charge in [-0.15, -0.1) is 5.17 Å². The van der Waals surface area contributed by atoms with Crippen molar-refractivity contribution in [2.45, 2.75) is 39.2 Å². The van der Waals surface area contributed by atoms with Crippen LogP contribution in [0.4, 0.5) is 0 Å². The van der Waals surface area contributed by atoms with Crippen LogP contribution in [0, 0.1) is 5.92 Å². The summed E-state index contributed by atoms with van der Waals surface area (Å²) in [7, 11) is 1.69. The van der Waals surface area contributed by atoms with Crippen LogP contribution < -0.4 is 0 Å². The molecule has 1 heterocycles. The molecule has 1 N–H and O–H groups in total. The average Bonchev–Trinajstić information content (AvgIpc) is 1.94. The van der Waals surface area contributed by atoms with Crippen molar-refractivity contribution in [1.29, 1.82) is 0 Å². The van der Waals surface area contributed by atoms with Gasteiger partial charge in [0.15, 0.2) is 0 Å². The quantitative estimate of drug-likeness (QED) is 0.610. The minimum absolute atomic E-state index is 0.0851. The third-order valence-corrected chi connectivity index (χ3v) is 3.23. The van der Waals surface area contributed by atoms with Gasteiger partial charge in [0.1, 0.15) is 0 Å². The number of hydrogen-bond donors (Lipinski definition) is 1. The fourth-order valence-electron chi connectivity index (χ4n) is 1.96. The van der Waals surface area contributed by atoms with Gasteiger partial charge in [0.25, 0.3) is 0 Å². The number of hydrogen-bond acceptors (Lipinski definition) is 3. The molecule has 1 rings (SSSR count). The van der Waals surface area contributed by atoms with E-state index in [9.17, 15) is 5.21 Å². The number of hydroxylamine groups is 1. The van der Waals surface area contributed by atoms with E-state index < -0.39 is 0 Å². The summed E-state index contributed by atoms with van der Waals surface area (Å²) in [5.74, 6) is 0.640. The van der Waals surface area contributed by atoms with Gasteiger partial charge in [-0.1, -0.05) is 6.92 Å². The van der Waals surface area contributed by atoms with Gasteiger partial charge in [-0.25, -0.2) is 5.01 Å². The molecule has 0 bridgehead atoms. The fraction of sp³-hybridized carbons (Fsp3) is 1.00. The predicted molar refractivity (Wildman–Crippen MR) is 48.7 cm³/mol. The Labute approximate surface area is 74.9 Å². The number of hydrazine groups is 1. The van der Waals surface area contributed by atoms with Gasteiger partial charge in [0.05, 0.1) is 0 Å². The smallest absolute Gasteiger partial charge is 0.0347 e. The summed E-state index contributed by atoms with van der Waals surface area (Å²) in [6.45, 7) is 7.58. The van der Waals surface area contributed by atoms with Gasteiger partial charge < -0.3 is 0 Å². The largest absolute Gasteiger partial charge is 0.299 e. The molecule has 0 aromatic heterocycles. The molecule has 72 valence electrons. The first-order valence-corrected chi connectivity index (χ1v) is 4.66. The summed E-state index contributed by atoms with van der Waals surface area (Å²) in [5.41, 5.74) is 0.0851. The molecule has 0 aliphatic carbocycles. The second-order valence-corrected chi connectivity index (χ2v) is 4.31. The Bertz CT molecular complexity index is 157. The van der Waals surface area contributed by atoms with Crippen LogP contribution in [0.1, 0.15) is 33.6 Å². The van der Waals surface area contributed by atoms with Crippen molar-refractivity contribution in [3.8, 4) is 0 Å². The molecule has 0 radical (unpaired) electrons. The summed E-state index contributed by atoms with van der Waals surface area (Å²) in [4.78, 5) is 0. The summed E-state index contributed by atoms with van der Waals surface area (Å²) < 4.78 is 0. The highest BCUT2D eigenvalue weighted by molar-refractivity contribution is 4.87. The third-order valence-electron chi connectivity index (χ3n) is 3.23. The summed E-state index contributed by atoms with van der Waals surface area (Å²) in [5, 5.41) is 12.7. The van der Waals surface area contributed by atoms with E-state index in [-0.39, 0.29) is 5.54 Å². The highest BCUT2D eigenvalue weighted by Gasteiger charge is 2.37. The predicted octanol–water partition coefficient (Wildman–Crippen LogP) is 1.73. The maximum atomic E-state index is 9.39. The minimum Gasteiger partial charge on any atom is -0.299 e. The number of piperidine rings is 1. The highest BCUT2D eigenvalue weighted by atomic mass is 16.5. The second kappa shape index (κ2) is 3.32. The lowest BCUT2D eigenvalue weighted by atomic mass is 9.82. The van der Waals surface area contributed by atoms with Gasteiger partial charge in [-0.2, -0.15) is 0 Å². The molecule has 3 heteroatoms. The zero-order valence-electron chi connectivity index (χ0n) is 8.54. The molecule has 0 spiro atoms. The topological polar surface area (TPSA) is 26.7 Å². The molecular weight excluding hydrogens is 152 g/mol. The van der Waals surface area contributed by atoms with Gasteiger partial charge in [0, 0.05) is 19.1 Å². The van der Waals surface area contributed by atoms with E-state index in [1.54, 1.807) is 7.05 Å². The van der Waals surface area contributed by atoms with Crippen molar-refractivity contribution >= 4 is 0 Å². The Morgan fingerprint density at radius 1 is 1.50 bits per heavy atom. The lowest BCUT2D eigenvalue weighted by Crippen LogP contribution is -2.57. The average molecular weight is 172 g/mol. The first-order chi connectivity index (χ1) is 5.46. The van der Waals surface area contributed by atoms with Crippen LogP contribution in [0.3, 0.4) is 0 Å². The maximum Gasteiger partial charge on any atom is 0.0347 e. The zero-order chi connectivity index (χ0) is 9.35. The molecule has 1 fully saturated rings. The maximum absolute atomic E-state index is 9.39. The fourth-order valence-corrected chi connectivity index (χ4v) is 1.96. The molecule has 0 aromatic rings. The Morgan fingerprint density at radius 3 is 2.50 bits per heavy atom. The van der Waals surface area contributed by atoms with Crippen molar-refractivity contribution in [2.75, 3.05) is 13.6 Å². The van der Waals surface area contributed by atoms with E-state index in [0.717, 1.165) is 6.54 Å². The highest BCUT2D eigenvalue weighted by Crippen LogP contribution is 2.32. The zero-order valence-corrected chi connectivity index (χ0v) is 8.54. The molecule has 1 aliphatic heterocycles. The normalized spacial score (nSPS) is 31.0. The van der Waals surface area contributed by atoms with Crippen LogP contribution in [0.25, 0.3) is 0 Å². The Kier molecular flexibility index (Phi) is 2.76. The molecule has 1 atom stereocenters. The van der Waals surface area contributed by atoms with Crippen LogP contribution in [-0.2, 0) is 0 Å². The molecule has 0 amide bonds. The second-order valence-electron chi connectivity index (χ2n) is 4.31. The van der Waals surface area contributed by atoms with Gasteiger partial charge in [-0.3, -0.25) is 5.21 Å². The van der Waals surface area contributed by atoms with Crippen molar-refractivity contribution in [3.05, 3.63) is 0 Å². The number of rotatable bonds is 1. The van der Waals surface area contributed by atoms with Crippen molar-refractivity contribution in [3.63, 3.8) is 0 Å². The summed E-state index contributed by atoms with van der Waals surface area (Å²) >= 11 is 0. The van der Waals surface area contributed by atoms with Crippen molar-refractivity contribution < 1.29 is 5.21 Å². The Morgan fingerprint density at radius 2 is 2.08 bits per heavy atom. The standard InChI is InChI=1S/C9H20N2O/c1-8-6-5-7-11(10(4)12)9(8,2)3/h8,12H,5-7H2,1-4H3. The molecule has 1 unspecified atom stereocenters. The lowest BCUT2D eigenvalue weighted by Gasteiger charge is -2.48. The van der Waals surface area contributed by atoms with E-state index in [2.05, 4.69) is 20.8 Å². The third kappa shape index (κ3) is 1.63. The Balaban J connectivity index is 2.72. The number of nitrogens with zero attached hydrogens (tertiary/aromatic N) is 2. The van der Waals surface area contributed by atoms with Crippen LogP contribution in [0.2, 0.25) is 0 Å². The molecule has 3 nitrogen and oxygen atoms in total. The molecule has 12 heavy (non-hydrogen) atoms. The van der Waals surface area contributed by atoms with Crippen molar-refractivity contribution in [1.82, 2.24) is 10.2 Å². The summed E-state index contributed by atoms with van der Waals surface area (Å²) in [6, 6.07) is 0. The van der Waals surface area contributed by atoms with Crippen molar-refractivity contribution in [2.24, 2.45) is 5.92 Å².